The molecule has 1 saturated carbocycles. The van der Waals surface area contributed by atoms with Gasteiger partial charge in [-0.3, -0.25) is 10.1 Å². The summed E-state index contributed by atoms with van der Waals surface area (Å²) in [6.07, 6.45) is 0.445. The molecule has 1 N–H and O–H groups in total. The first kappa shape index (κ1) is 25.0. The number of esters is 1. The Kier molecular flexibility index (Phi) is 7.26. The first-order valence-corrected chi connectivity index (χ1v) is 13.0. The average molecular weight is 536 g/mol. The van der Waals surface area contributed by atoms with E-state index in [4.69, 9.17) is 21.1 Å². The molecule has 4 aromatic rings. The van der Waals surface area contributed by atoms with Crippen molar-refractivity contribution < 1.29 is 23.5 Å². The Morgan fingerprint density at radius 3 is 2.38 bits per heavy atom. The zero-order valence-corrected chi connectivity index (χ0v) is 21.4. The van der Waals surface area contributed by atoms with Gasteiger partial charge >= 0.3 is 12.1 Å². The molecule has 8 heteroatoms. The van der Waals surface area contributed by atoms with Crippen LogP contribution in [0.3, 0.4) is 0 Å². The second-order valence-electron chi connectivity index (χ2n) is 8.75. The van der Waals surface area contributed by atoms with Crippen LogP contribution in [0.15, 0.2) is 78.9 Å². The molecule has 1 atom stereocenters. The minimum Gasteiger partial charge on any atom is -0.441 e. The number of rotatable bonds is 7. The van der Waals surface area contributed by atoms with Gasteiger partial charge in [-0.25, -0.2) is 4.79 Å². The number of ether oxygens (including phenoxy) is 2. The largest absolute Gasteiger partial charge is 0.441 e. The highest BCUT2D eigenvalue weighted by molar-refractivity contribution is 7.14. The lowest BCUT2D eigenvalue weighted by molar-refractivity contribution is -0.135. The first-order chi connectivity index (χ1) is 17.9. The number of hydrogen-bond acceptors (Lipinski definition) is 5. The van der Waals surface area contributed by atoms with Gasteiger partial charge in [0.15, 0.2) is 5.13 Å². The fourth-order valence-corrected chi connectivity index (χ4v) is 5.15. The van der Waals surface area contributed by atoms with Crippen LogP contribution in [0.25, 0.3) is 21.6 Å². The smallest absolute Gasteiger partial charge is 0.412 e. The van der Waals surface area contributed by atoms with Gasteiger partial charge in [0.05, 0.1) is 16.5 Å². The molecule has 37 heavy (non-hydrogen) atoms. The van der Waals surface area contributed by atoms with Gasteiger partial charge in [-0.2, -0.15) is 4.39 Å². The maximum atomic E-state index is 14.4. The van der Waals surface area contributed by atoms with Crippen LogP contribution in [0.4, 0.5) is 14.9 Å². The Hall–Kier alpha value is -3.68. The molecule has 188 valence electrons. The van der Waals surface area contributed by atoms with Crippen LogP contribution in [-0.4, -0.2) is 12.1 Å². The lowest BCUT2D eigenvalue weighted by Crippen LogP contribution is -2.16. The average Bonchev–Trinajstić information content (AvgIpc) is 3.68. The summed E-state index contributed by atoms with van der Waals surface area (Å²) in [6, 6.07) is 23.1. The molecule has 1 aromatic heterocycles. The van der Waals surface area contributed by atoms with Gasteiger partial charge in [0.1, 0.15) is 11.9 Å². The van der Waals surface area contributed by atoms with E-state index in [-0.39, 0.29) is 11.9 Å². The molecule has 1 aliphatic carbocycles. The third-order valence-corrected chi connectivity index (χ3v) is 7.33. The molecule has 1 aliphatic rings. The van der Waals surface area contributed by atoms with Crippen molar-refractivity contribution in [2.24, 2.45) is 5.92 Å². The monoisotopic (exact) mass is 535 g/mol. The standard InChI is InChI=1S/C29H23ClFNO4S/c1-17(21-6-4-5-9-24(21)30)35-29(34)32-25-16-26(31)37-27(25)23-8-3-2-7-22(23)18-12-14-20(15-13-18)36-28(33)19-10-11-19/h2-9,12-17,19H,10-11H2,1H3,(H,32,34). The zero-order valence-electron chi connectivity index (χ0n) is 19.9. The zero-order chi connectivity index (χ0) is 25.9. The van der Waals surface area contributed by atoms with Gasteiger partial charge in [-0.15, -0.1) is 11.3 Å². The van der Waals surface area contributed by atoms with Gasteiger partial charge in [-0.1, -0.05) is 66.2 Å². The molecular formula is C29H23ClFNO4S. The molecule has 1 unspecified atom stereocenters. The Labute approximate surface area is 222 Å². The van der Waals surface area contributed by atoms with E-state index in [0.29, 0.717) is 26.9 Å². The number of carbonyl (C=O) groups is 2. The van der Waals surface area contributed by atoms with Crippen LogP contribution in [0, 0.1) is 11.0 Å². The van der Waals surface area contributed by atoms with Crippen molar-refractivity contribution in [1.82, 2.24) is 0 Å². The molecule has 0 bridgehead atoms. The van der Waals surface area contributed by atoms with Gasteiger partial charge in [-0.05, 0) is 49.1 Å². The Morgan fingerprint density at radius 2 is 1.68 bits per heavy atom. The molecule has 5 nitrogen and oxygen atoms in total. The first-order valence-electron chi connectivity index (χ1n) is 11.8. The number of hydrogen-bond donors (Lipinski definition) is 1. The summed E-state index contributed by atoms with van der Waals surface area (Å²) < 4.78 is 25.4. The lowest BCUT2D eigenvalue weighted by Gasteiger charge is -2.16. The maximum absolute atomic E-state index is 14.4. The summed E-state index contributed by atoms with van der Waals surface area (Å²) in [6.45, 7) is 1.72. The molecule has 3 aromatic carbocycles. The van der Waals surface area contributed by atoms with E-state index in [1.54, 1.807) is 37.3 Å². The summed E-state index contributed by atoms with van der Waals surface area (Å²) >= 11 is 7.14. The fourth-order valence-electron chi connectivity index (χ4n) is 3.98. The van der Waals surface area contributed by atoms with Crippen LogP contribution < -0.4 is 10.1 Å². The van der Waals surface area contributed by atoms with Crippen molar-refractivity contribution in [1.29, 1.82) is 0 Å². The molecule has 0 saturated heterocycles. The molecule has 1 heterocycles. The van der Waals surface area contributed by atoms with E-state index in [9.17, 15) is 14.0 Å². The Morgan fingerprint density at radius 1 is 1.00 bits per heavy atom. The van der Waals surface area contributed by atoms with Crippen molar-refractivity contribution in [2.45, 2.75) is 25.9 Å². The predicted molar refractivity (Wildman–Crippen MR) is 143 cm³/mol. The van der Waals surface area contributed by atoms with Crippen molar-refractivity contribution in [2.75, 3.05) is 5.32 Å². The third kappa shape index (κ3) is 5.84. The molecule has 0 aliphatic heterocycles. The number of carbonyl (C=O) groups excluding carboxylic acids is 2. The number of thiophene rings is 1. The van der Waals surface area contributed by atoms with Crippen molar-refractivity contribution >= 4 is 40.7 Å². The number of anilines is 1. The summed E-state index contributed by atoms with van der Waals surface area (Å²) in [5.41, 5.74) is 3.42. The van der Waals surface area contributed by atoms with Crippen LogP contribution in [0.1, 0.15) is 31.4 Å². The molecule has 5 rings (SSSR count). The van der Waals surface area contributed by atoms with E-state index >= 15 is 0 Å². The fraction of sp³-hybridized carbons (Fsp3) is 0.172. The van der Waals surface area contributed by atoms with Crippen molar-refractivity contribution in [3.63, 3.8) is 0 Å². The highest BCUT2D eigenvalue weighted by Gasteiger charge is 2.31. The summed E-state index contributed by atoms with van der Waals surface area (Å²) in [7, 11) is 0. The molecule has 1 amide bonds. The summed E-state index contributed by atoms with van der Waals surface area (Å²) in [5, 5.41) is 2.73. The van der Waals surface area contributed by atoms with Gasteiger partial charge in [0, 0.05) is 22.2 Å². The normalized spacial score (nSPS) is 13.6. The van der Waals surface area contributed by atoms with Crippen LogP contribution >= 0.6 is 22.9 Å². The van der Waals surface area contributed by atoms with Crippen LogP contribution in [-0.2, 0) is 9.53 Å². The van der Waals surface area contributed by atoms with Gasteiger partial charge < -0.3 is 9.47 Å². The van der Waals surface area contributed by atoms with E-state index < -0.39 is 17.3 Å². The molecular weight excluding hydrogens is 513 g/mol. The topological polar surface area (TPSA) is 64.6 Å². The third-order valence-electron chi connectivity index (χ3n) is 6.03. The minimum absolute atomic E-state index is 0.0133. The van der Waals surface area contributed by atoms with Crippen molar-refractivity contribution in [3.8, 4) is 27.3 Å². The maximum Gasteiger partial charge on any atom is 0.412 e. The SMILES string of the molecule is CC(OC(=O)Nc1cc(F)sc1-c1ccccc1-c1ccc(OC(=O)C2CC2)cc1)c1ccccc1Cl. The summed E-state index contributed by atoms with van der Waals surface area (Å²) in [4.78, 5) is 25.2. The Bertz CT molecular complexity index is 1450. The van der Waals surface area contributed by atoms with Gasteiger partial charge in [0.25, 0.3) is 0 Å². The van der Waals surface area contributed by atoms with Crippen LogP contribution in [0.5, 0.6) is 5.75 Å². The van der Waals surface area contributed by atoms with E-state index in [2.05, 4.69) is 5.32 Å². The predicted octanol–water partition coefficient (Wildman–Crippen LogP) is 8.50. The quantitative estimate of drug-likeness (QED) is 0.190. The minimum atomic E-state index is -0.717. The highest BCUT2D eigenvalue weighted by Crippen LogP contribution is 2.42. The van der Waals surface area contributed by atoms with E-state index in [1.807, 2.05) is 42.5 Å². The lowest BCUT2D eigenvalue weighted by atomic mass is 9.98. The number of amides is 1. The number of nitrogens with one attached hydrogen (secondary N) is 1. The van der Waals surface area contributed by atoms with E-state index in [1.165, 1.54) is 6.07 Å². The highest BCUT2D eigenvalue weighted by atomic mass is 35.5. The van der Waals surface area contributed by atoms with E-state index in [0.717, 1.165) is 40.9 Å². The molecule has 1 fully saturated rings. The van der Waals surface area contributed by atoms with Crippen molar-refractivity contribution in [3.05, 3.63) is 94.6 Å². The number of halogens is 2. The van der Waals surface area contributed by atoms with Crippen LogP contribution in [0.2, 0.25) is 5.02 Å². The molecule has 0 spiro atoms. The second-order valence-corrected chi connectivity index (χ2v) is 10.2. The second kappa shape index (κ2) is 10.7. The summed E-state index contributed by atoms with van der Waals surface area (Å²) in [5.74, 6) is 0.297. The number of benzene rings is 3. The van der Waals surface area contributed by atoms with Gasteiger partial charge in [0.2, 0.25) is 0 Å². The molecule has 0 radical (unpaired) electrons. The Balaban J connectivity index is 1.37.